The Balaban J connectivity index is 4.07. The number of unbranched alkanes of at least 4 members (excludes halogenated alkanes) is 1. The fourth-order valence-corrected chi connectivity index (χ4v) is 2.69. The van der Waals surface area contributed by atoms with Crippen molar-refractivity contribution in [2.45, 2.75) is 45.6 Å². The van der Waals surface area contributed by atoms with Crippen molar-refractivity contribution in [1.29, 1.82) is 0 Å². The van der Waals surface area contributed by atoms with Gasteiger partial charge in [-0.15, -0.1) is 0 Å². The van der Waals surface area contributed by atoms with Gasteiger partial charge in [-0.05, 0) is 33.4 Å². The second kappa shape index (κ2) is 8.85. The summed E-state index contributed by atoms with van der Waals surface area (Å²) in [5.74, 6) is 0. The molecular formula is C11H27N3O2S. The van der Waals surface area contributed by atoms with E-state index in [9.17, 15) is 8.42 Å². The third-order valence-corrected chi connectivity index (χ3v) is 4.35. The van der Waals surface area contributed by atoms with Gasteiger partial charge in [0.05, 0.1) is 0 Å². The third kappa shape index (κ3) is 7.70. The highest BCUT2D eigenvalue weighted by atomic mass is 32.2. The molecule has 2 N–H and O–H groups in total. The largest absolute Gasteiger partial charge is 0.320 e. The van der Waals surface area contributed by atoms with Crippen LogP contribution in [-0.2, 0) is 10.2 Å². The van der Waals surface area contributed by atoms with E-state index in [1.807, 2.05) is 14.0 Å². The highest BCUT2D eigenvalue weighted by molar-refractivity contribution is 7.87. The van der Waals surface area contributed by atoms with Crippen LogP contribution in [0.1, 0.15) is 39.5 Å². The van der Waals surface area contributed by atoms with Gasteiger partial charge >= 0.3 is 0 Å². The van der Waals surface area contributed by atoms with E-state index >= 15 is 0 Å². The maximum atomic E-state index is 11.9. The molecule has 104 valence electrons. The molecule has 1 unspecified atom stereocenters. The quantitative estimate of drug-likeness (QED) is 0.578. The van der Waals surface area contributed by atoms with Gasteiger partial charge in [0, 0.05) is 19.6 Å². The number of hydrogen-bond acceptors (Lipinski definition) is 3. The number of nitrogens with one attached hydrogen (secondary N) is 2. The summed E-state index contributed by atoms with van der Waals surface area (Å²) in [7, 11) is 0.161. The predicted molar refractivity (Wildman–Crippen MR) is 72.2 cm³/mol. The Morgan fingerprint density at radius 3 is 2.47 bits per heavy atom. The van der Waals surface area contributed by atoms with Crippen LogP contribution in [0.15, 0.2) is 0 Å². The lowest BCUT2D eigenvalue weighted by atomic mass is 10.2. The highest BCUT2D eigenvalue weighted by Gasteiger charge is 2.19. The van der Waals surface area contributed by atoms with Crippen molar-refractivity contribution in [1.82, 2.24) is 14.3 Å². The number of nitrogens with zero attached hydrogens (tertiary/aromatic N) is 1. The highest BCUT2D eigenvalue weighted by Crippen LogP contribution is 2.03. The number of rotatable bonds is 10. The zero-order chi connectivity index (χ0) is 13.3. The topological polar surface area (TPSA) is 61.4 Å². The minimum atomic E-state index is -3.31. The van der Waals surface area contributed by atoms with Gasteiger partial charge in [-0.2, -0.15) is 17.4 Å². The summed E-state index contributed by atoms with van der Waals surface area (Å²) in [6.45, 7) is 5.38. The Hall–Kier alpha value is -0.170. The van der Waals surface area contributed by atoms with Gasteiger partial charge in [0.25, 0.3) is 10.2 Å². The van der Waals surface area contributed by atoms with E-state index in [1.54, 1.807) is 7.05 Å². The van der Waals surface area contributed by atoms with Gasteiger partial charge in [-0.25, -0.2) is 0 Å². The lowest BCUT2D eigenvalue weighted by Crippen LogP contribution is -2.43. The van der Waals surface area contributed by atoms with Gasteiger partial charge in [0.1, 0.15) is 0 Å². The second-order valence-corrected chi connectivity index (χ2v) is 6.25. The molecule has 6 heteroatoms. The summed E-state index contributed by atoms with van der Waals surface area (Å²) in [6, 6.07) is 0.00620. The molecule has 0 aromatic rings. The SMILES string of the molecule is CCCCC(C)NS(=O)(=O)N(C)CCCNC. The van der Waals surface area contributed by atoms with Crippen LogP contribution in [0.3, 0.4) is 0 Å². The van der Waals surface area contributed by atoms with Gasteiger partial charge in [0.2, 0.25) is 0 Å². The Morgan fingerprint density at radius 1 is 1.29 bits per heavy atom. The second-order valence-electron chi connectivity index (χ2n) is 4.44. The maximum Gasteiger partial charge on any atom is 0.279 e. The molecule has 0 saturated heterocycles. The first-order valence-electron chi connectivity index (χ1n) is 6.32. The van der Waals surface area contributed by atoms with E-state index < -0.39 is 10.2 Å². The Bertz CT molecular complexity index is 280. The van der Waals surface area contributed by atoms with Crippen molar-refractivity contribution in [3.05, 3.63) is 0 Å². The van der Waals surface area contributed by atoms with E-state index in [1.165, 1.54) is 4.31 Å². The van der Waals surface area contributed by atoms with Crippen LogP contribution in [0.25, 0.3) is 0 Å². The average molecular weight is 265 g/mol. The fourth-order valence-electron chi connectivity index (χ4n) is 1.51. The molecule has 0 bridgehead atoms. The summed E-state index contributed by atoms with van der Waals surface area (Å²) in [5, 5.41) is 3.00. The van der Waals surface area contributed by atoms with E-state index in [2.05, 4.69) is 17.0 Å². The molecule has 0 aliphatic rings. The summed E-state index contributed by atoms with van der Waals surface area (Å²) in [4.78, 5) is 0. The van der Waals surface area contributed by atoms with Gasteiger partial charge in [0.15, 0.2) is 0 Å². The van der Waals surface area contributed by atoms with E-state index in [-0.39, 0.29) is 6.04 Å². The minimum absolute atomic E-state index is 0.00620. The Morgan fingerprint density at radius 2 is 1.94 bits per heavy atom. The van der Waals surface area contributed by atoms with Crippen molar-refractivity contribution in [3.8, 4) is 0 Å². The molecule has 0 aliphatic heterocycles. The molecule has 0 aromatic carbocycles. The normalized spacial score (nSPS) is 14.2. The average Bonchev–Trinajstić information content (AvgIpc) is 2.26. The molecule has 0 heterocycles. The standard InChI is InChI=1S/C11H27N3O2S/c1-5-6-8-11(2)13-17(15,16)14(4)10-7-9-12-3/h11-13H,5-10H2,1-4H3. The molecule has 0 rings (SSSR count). The summed E-state index contributed by atoms with van der Waals surface area (Å²) < 4.78 is 27.9. The minimum Gasteiger partial charge on any atom is -0.320 e. The van der Waals surface area contributed by atoms with Crippen molar-refractivity contribution in [2.75, 3.05) is 27.2 Å². The van der Waals surface area contributed by atoms with Crippen LogP contribution >= 0.6 is 0 Å². The van der Waals surface area contributed by atoms with Crippen LogP contribution in [0.2, 0.25) is 0 Å². The van der Waals surface area contributed by atoms with Crippen molar-refractivity contribution >= 4 is 10.2 Å². The molecule has 17 heavy (non-hydrogen) atoms. The lowest BCUT2D eigenvalue weighted by molar-refractivity contribution is 0.435. The van der Waals surface area contributed by atoms with Crippen LogP contribution in [0, 0.1) is 0 Å². The lowest BCUT2D eigenvalue weighted by Gasteiger charge is -2.21. The first-order valence-corrected chi connectivity index (χ1v) is 7.76. The van der Waals surface area contributed by atoms with Gasteiger partial charge in [-0.3, -0.25) is 0 Å². The first kappa shape index (κ1) is 16.8. The maximum absolute atomic E-state index is 11.9. The zero-order valence-electron chi connectivity index (χ0n) is 11.5. The molecule has 0 aliphatic carbocycles. The van der Waals surface area contributed by atoms with Crippen LogP contribution in [0.4, 0.5) is 0 Å². The molecule has 0 radical (unpaired) electrons. The first-order chi connectivity index (χ1) is 7.94. The monoisotopic (exact) mass is 265 g/mol. The Labute approximate surface area is 106 Å². The summed E-state index contributed by atoms with van der Waals surface area (Å²) >= 11 is 0. The third-order valence-electron chi connectivity index (χ3n) is 2.65. The van der Waals surface area contributed by atoms with Crippen molar-refractivity contribution < 1.29 is 8.42 Å². The van der Waals surface area contributed by atoms with Gasteiger partial charge < -0.3 is 5.32 Å². The molecule has 5 nitrogen and oxygen atoms in total. The molecule has 0 amide bonds. The Kier molecular flexibility index (Phi) is 8.77. The van der Waals surface area contributed by atoms with Crippen molar-refractivity contribution in [3.63, 3.8) is 0 Å². The molecule has 1 atom stereocenters. The molecule has 0 fully saturated rings. The number of hydrogen-bond donors (Lipinski definition) is 2. The predicted octanol–water partition coefficient (Wildman–Crippen LogP) is 0.941. The van der Waals surface area contributed by atoms with Crippen molar-refractivity contribution in [2.24, 2.45) is 0 Å². The molecule has 0 aromatic heterocycles. The van der Waals surface area contributed by atoms with E-state index in [4.69, 9.17) is 0 Å². The van der Waals surface area contributed by atoms with E-state index in [0.29, 0.717) is 6.54 Å². The fraction of sp³-hybridized carbons (Fsp3) is 1.00. The molecule has 0 saturated carbocycles. The van der Waals surface area contributed by atoms with Gasteiger partial charge in [-0.1, -0.05) is 19.8 Å². The molecule has 0 spiro atoms. The van der Waals surface area contributed by atoms with Crippen LogP contribution in [0.5, 0.6) is 0 Å². The summed E-state index contributed by atoms with van der Waals surface area (Å²) in [6.07, 6.45) is 3.84. The van der Waals surface area contributed by atoms with Crippen LogP contribution < -0.4 is 10.0 Å². The zero-order valence-corrected chi connectivity index (χ0v) is 12.3. The van der Waals surface area contributed by atoms with Crippen LogP contribution in [-0.4, -0.2) is 45.9 Å². The summed E-state index contributed by atoms with van der Waals surface area (Å²) in [5.41, 5.74) is 0. The smallest absolute Gasteiger partial charge is 0.279 e. The molecular weight excluding hydrogens is 238 g/mol. The van der Waals surface area contributed by atoms with E-state index in [0.717, 1.165) is 32.2 Å².